The van der Waals surface area contributed by atoms with Crippen molar-refractivity contribution in [2.75, 3.05) is 38.2 Å². The number of hydrogen-bond donors (Lipinski definition) is 1. The second-order valence-corrected chi connectivity index (χ2v) is 10.8. The Morgan fingerprint density at radius 3 is 2.56 bits per heavy atom. The summed E-state index contributed by atoms with van der Waals surface area (Å²) < 4.78 is 48.2. The Bertz CT molecular complexity index is 1650. The summed E-state index contributed by atoms with van der Waals surface area (Å²) >= 11 is 0. The van der Waals surface area contributed by atoms with Crippen LogP contribution in [0.3, 0.4) is 0 Å². The maximum atomic E-state index is 15.9. The van der Waals surface area contributed by atoms with Gasteiger partial charge >= 0.3 is 6.01 Å². The zero-order valence-electron chi connectivity index (χ0n) is 22.8. The van der Waals surface area contributed by atoms with Crippen molar-refractivity contribution in [2.24, 2.45) is 0 Å². The molecule has 0 saturated carbocycles. The molecule has 1 N–H and O–H groups in total. The minimum atomic E-state index is -0.622. The molecule has 3 aromatic carbocycles. The average Bonchev–Trinajstić information content (AvgIpc) is 3.72. The summed E-state index contributed by atoms with van der Waals surface area (Å²) in [4.78, 5) is 13.1. The lowest BCUT2D eigenvalue weighted by Crippen LogP contribution is -2.22. The van der Waals surface area contributed by atoms with Crippen LogP contribution >= 0.6 is 0 Å². The van der Waals surface area contributed by atoms with Gasteiger partial charge in [-0.1, -0.05) is 18.1 Å². The Kier molecular flexibility index (Phi) is 7.35. The summed E-state index contributed by atoms with van der Waals surface area (Å²) in [6.45, 7) is 3.50. The van der Waals surface area contributed by atoms with E-state index in [4.69, 9.17) is 11.2 Å². The number of benzene rings is 3. The van der Waals surface area contributed by atoms with Crippen LogP contribution in [0.5, 0.6) is 11.8 Å². The van der Waals surface area contributed by atoms with Crippen LogP contribution in [-0.2, 0) is 0 Å². The summed E-state index contributed by atoms with van der Waals surface area (Å²) in [5, 5.41) is 11.7. The highest BCUT2D eigenvalue weighted by atomic mass is 19.1. The summed E-state index contributed by atoms with van der Waals surface area (Å²) in [7, 11) is 1.43. The number of aromatic hydroxyl groups is 1. The first-order valence-corrected chi connectivity index (χ1v) is 14.0. The molecule has 1 aromatic heterocycles. The Balaban J connectivity index is 0.000000283. The third kappa shape index (κ3) is 5.02. The quantitative estimate of drug-likeness (QED) is 0.301. The highest BCUT2D eigenvalue weighted by Gasteiger charge is 2.34. The van der Waals surface area contributed by atoms with E-state index in [1.54, 1.807) is 12.1 Å². The van der Waals surface area contributed by atoms with E-state index in [-0.39, 0.29) is 34.0 Å². The molecule has 0 radical (unpaired) electrons. The SMILES string of the molecule is C#Cc1c(F)ccc2cc(O)cc(-c3ccc4c(N5CCCC5)nc(OC)nc4c3F)c12.FC1CC2CCCN2C1. The highest BCUT2D eigenvalue weighted by Crippen LogP contribution is 2.40. The summed E-state index contributed by atoms with van der Waals surface area (Å²) in [6.07, 6.45) is 10.4. The van der Waals surface area contributed by atoms with E-state index in [0.717, 1.165) is 38.9 Å². The molecule has 0 aliphatic carbocycles. The summed E-state index contributed by atoms with van der Waals surface area (Å²) in [5.41, 5.74) is 0.530. The zero-order chi connectivity index (χ0) is 28.7. The molecule has 3 aliphatic heterocycles. The van der Waals surface area contributed by atoms with Crippen LogP contribution in [0.4, 0.5) is 19.0 Å². The fraction of sp³-hybridized carbons (Fsp3) is 0.375. The normalized spacial score (nSPS) is 20.2. The molecule has 7 rings (SSSR count). The van der Waals surface area contributed by atoms with E-state index in [1.165, 1.54) is 44.2 Å². The molecule has 3 aliphatic rings. The van der Waals surface area contributed by atoms with Gasteiger partial charge in [-0.3, -0.25) is 4.90 Å². The number of alkyl halides is 1. The Labute approximate surface area is 236 Å². The minimum Gasteiger partial charge on any atom is -0.508 e. The van der Waals surface area contributed by atoms with Gasteiger partial charge in [-0.25, -0.2) is 13.2 Å². The van der Waals surface area contributed by atoms with Crippen molar-refractivity contribution in [3.8, 4) is 35.2 Å². The van der Waals surface area contributed by atoms with Crippen molar-refractivity contribution in [3.05, 3.63) is 53.6 Å². The van der Waals surface area contributed by atoms with E-state index in [2.05, 4.69) is 25.7 Å². The van der Waals surface area contributed by atoms with Crippen molar-refractivity contribution in [1.82, 2.24) is 14.9 Å². The summed E-state index contributed by atoms with van der Waals surface area (Å²) in [6, 6.07) is 9.59. The minimum absolute atomic E-state index is 0.00928. The Morgan fingerprint density at radius 2 is 1.83 bits per heavy atom. The van der Waals surface area contributed by atoms with Crippen LogP contribution in [0, 0.1) is 24.0 Å². The van der Waals surface area contributed by atoms with E-state index >= 15 is 4.39 Å². The Hall–Kier alpha value is -4.03. The van der Waals surface area contributed by atoms with Gasteiger partial charge in [0.15, 0.2) is 5.82 Å². The molecule has 3 saturated heterocycles. The average molecular weight is 561 g/mol. The van der Waals surface area contributed by atoms with Gasteiger partial charge in [0.2, 0.25) is 0 Å². The molecular formula is C32H31F3N4O2. The first kappa shape index (κ1) is 27.2. The molecular weight excluding hydrogens is 529 g/mol. The zero-order valence-corrected chi connectivity index (χ0v) is 22.8. The third-order valence-corrected chi connectivity index (χ3v) is 8.30. The lowest BCUT2D eigenvalue weighted by Gasteiger charge is -2.20. The van der Waals surface area contributed by atoms with Crippen molar-refractivity contribution < 1.29 is 23.0 Å². The van der Waals surface area contributed by atoms with Crippen LogP contribution in [0.15, 0.2) is 36.4 Å². The largest absolute Gasteiger partial charge is 0.508 e. The fourth-order valence-electron chi connectivity index (χ4n) is 6.40. The number of aromatic nitrogens is 2. The first-order chi connectivity index (χ1) is 19.9. The maximum absolute atomic E-state index is 15.9. The molecule has 4 aromatic rings. The second-order valence-electron chi connectivity index (χ2n) is 10.8. The molecule has 0 amide bonds. The number of ether oxygens (including phenoxy) is 1. The number of phenolic OH excluding ortho intramolecular Hbond substituents is 1. The second kappa shape index (κ2) is 11.1. The number of terminal acetylenes is 1. The molecule has 2 unspecified atom stereocenters. The molecule has 41 heavy (non-hydrogen) atoms. The number of phenols is 1. The van der Waals surface area contributed by atoms with Crippen LogP contribution in [0.25, 0.3) is 32.8 Å². The van der Waals surface area contributed by atoms with Crippen LogP contribution in [0.1, 0.15) is 37.7 Å². The topological polar surface area (TPSA) is 61.7 Å². The van der Waals surface area contributed by atoms with Crippen molar-refractivity contribution in [2.45, 2.75) is 44.3 Å². The highest BCUT2D eigenvalue weighted by molar-refractivity contribution is 6.04. The molecule has 212 valence electrons. The first-order valence-electron chi connectivity index (χ1n) is 14.0. The standard InChI is InChI=1S/C25H19F2N3O2.C7H12FN/c1-3-16-20(26)9-6-14-12-15(31)13-19(21(14)16)17-7-8-18-23(22(17)27)28-25(32-2)29-24(18)30-10-4-5-11-30;8-6-4-7-2-1-3-9(7)5-6/h1,6-9,12-13,31H,4-5,10-11H2,2H3;6-7H,1-5H2. The number of hydrogen-bond acceptors (Lipinski definition) is 6. The molecule has 0 spiro atoms. The van der Waals surface area contributed by atoms with Gasteiger partial charge in [-0.05, 0) is 73.9 Å². The molecule has 0 bridgehead atoms. The lowest BCUT2D eigenvalue weighted by atomic mass is 9.93. The van der Waals surface area contributed by atoms with Crippen molar-refractivity contribution in [3.63, 3.8) is 0 Å². The predicted octanol–water partition coefficient (Wildman–Crippen LogP) is 6.22. The van der Waals surface area contributed by atoms with E-state index in [1.807, 2.05) is 0 Å². The Morgan fingerprint density at radius 1 is 1.02 bits per heavy atom. The number of methoxy groups -OCH3 is 1. The van der Waals surface area contributed by atoms with Crippen LogP contribution < -0.4 is 9.64 Å². The van der Waals surface area contributed by atoms with Gasteiger partial charge in [-0.2, -0.15) is 9.97 Å². The van der Waals surface area contributed by atoms with E-state index < -0.39 is 17.8 Å². The van der Waals surface area contributed by atoms with Crippen LogP contribution in [-0.4, -0.2) is 65.5 Å². The van der Waals surface area contributed by atoms with Gasteiger partial charge < -0.3 is 14.7 Å². The number of anilines is 1. The summed E-state index contributed by atoms with van der Waals surface area (Å²) in [5.74, 6) is 1.68. The molecule has 2 atom stereocenters. The van der Waals surface area contributed by atoms with Gasteiger partial charge in [0, 0.05) is 42.0 Å². The third-order valence-electron chi connectivity index (χ3n) is 8.30. The van der Waals surface area contributed by atoms with Crippen molar-refractivity contribution >= 4 is 27.5 Å². The van der Waals surface area contributed by atoms with Gasteiger partial charge in [0.1, 0.15) is 29.1 Å². The molecule has 3 fully saturated rings. The smallest absolute Gasteiger partial charge is 0.318 e. The lowest BCUT2D eigenvalue weighted by molar-refractivity contribution is 0.292. The van der Waals surface area contributed by atoms with E-state index in [9.17, 15) is 13.9 Å². The maximum Gasteiger partial charge on any atom is 0.318 e. The molecule has 6 nitrogen and oxygen atoms in total. The number of halogens is 3. The molecule has 4 heterocycles. The number of fused-ring (bicyclic) bond motifs is 3. The van der Waals surface area contributed by atoms with E-state index in [0.29, 0.717) is 34.6 Å². The monoisotopic (exact) mass is 560 g/mol. The van der Waals surface area contributed by atoms with Crippen molar-refractivity contribution in [1.29, 1.82) is 0 Å². The number of rotatable bonds is 3. The van der Waals surface area contributed by atoms with Gasteiger partial charge in [0.25, 0.3) is 0 Å². The van der Waals surface area contributed by atoms with Gasteiger partial charge in [-0.15, -0.1) is 6.42 Å². The molecule has 9 heteroatoms. The fourth-order valence-corrected chi connectivity index (χ4v) is 6.40. The van der Waals surface area contributed by atoms with Crippen LogP contribution in [0.2, 0.25) is 0 Å². The number of nitrogens with zero attached hydrogens (tertiary/aromatic N) is 4. The van der Waals surface area contributed by atoms with Gasteiger partial charge in [0.05, 0.1) is 12.7 Å². The predicted molar refractivity (Wildman–Crippen MR) is 154 cm³/mol.